The molecule has 0 aliphatic carbocycles. The Morgan fingerprint density at radius 1 is 1.15 bits per heavy atom. The maximum absolute atomic E-state index is 12.3. The molecule has 2 rings (SSSR count). The van der Waals surface area contributed by atoms with E-state index in [2.05, 4.69) is 5.32 Å². The topological polar surface area (TPSA) is 55.1 Å². The minimum atomic E-state index is -0.336. The number of anilines is 2. The molecule has 0 aromatic heterocycles. The lowest BCUT2D eigenvalue weighted by Gasteiger charge is -2.12. The van der Waals surface area contributed by atoms with E-state index in [4.69, 9.17) is 28.9 Å². The molecule has 104 valence electrons. The average molecular weight is 309 g/mol. The second-order valence-corrected chi connectivity index (χ2v) is 5.38. The van der Waals surface area contributed by atoms with Gasteiger partial charge in [0.05, 0.1) is 21.3 Å². The van der Waals surface area contributed by atoms with Gasteiger partial charge in [-0.05, 0) is 43.2 Å². The summed E-state index contributed by atoms with van der Waals surface area (Å²) in [5, 5.41) is 3.53. The third kappa shape index (κ3) is 2.89. The summed E-state index contributed by atoms with van der Waals surface area (Å²) in [6.45, 7) is 3.75. The molecule has 20 heavy (non-hydrogen) atoms. The number of nitrogen functional groups attached to an aromatic ring is 1. The summed E-state index contributed by atoms with van der Waals surface area (Å²) < 4.78 is 0. The first-order valence-corrected chi connectivity index (χ1v) is 6.78. The van der Waals surface area contributed by atoms with Crippen LogP contribution in [0.3, 0.4) is 0 Å². The van der Waals surface area contributed by atoms with Gasteiger partial charge >= 0.3 is 0 Å². The molecule has 2 aromatic rings. The van der Waals surface area contributed by atoms with Gasteiger partial charge in [-0.25, -0.2) is 0 Å². The average Bonchev–Trinajstić information content (AvgIpc) is 2.39. The van der Waals surface area contributed by atoms with Gasteiger partial charge in [0, 0.05) is 5.69 Å². The lowest BCUT2D eigenvalue weighted by Crippen LogP contribution is -2.15. The van der Waals surface area contributed by atoms with Crippen LogP contribution in [0, 0.1) is 13.8 Å². The number of carbonyl (C=O) groups excluding carboxylic acids is 1. The van der Waals surface area contributed by atoms with E-state index in [9.17, 15) is 4.79 Å². The Morgan fingerprint density at radius 2 is 1.85 bits per heavy atom. The standard InChI is InChI=1S/C15H14Cl2N2O/c1-8-3-5-10(12(18)7-8)15(20)19-14-11(16)6-4-9(2)13(14)17/h3-7H,18H2,1-2H3,(H,19,20). The van der Waals surface area contributed by atoms with E-state index in [1.54, 1.807) is 24.3 Å². The summed E-state index contributed by atoms with van der Waals surface area (Å²) in [6, 6.07) is 8.73. The van der Waals surface area contributed by atoms with Crippen molar-refractivity contribution in [1.82, 2.24) is 0 Å². The van der Waals surface area contributed by atoms with Gasteiger partial charge in [-0.1, -0.05) is 35.3 Å². The largest absolute Gasteiger partial charge is 0.398 e. The van der Waals surface area contributed by atoms with E-state index in [0.717, 1.165) is 11.1 Å². The number of nitrogens with two attached hydrogens (primary N) is 1. The first kappa shape index (κ1) is 14.7. The Hall–Kier alpha value is -1.71. The van der Waals surface area contributed by atoms with Gasteiger partial charge in [-0.15, -0.1) is 0 Å². The van der Waals surface area contributed by atoms with Gasteiger partial charge in [0.2, 0.25) is 0 Å². The Balaban J connectivity index is 2.35. The zero-order valence-corrected chi connectivity index (χ0v) is 12.6. The van der Waals surface area contributed by atoms with E-state index in [-0.39, 0.29) is 5.91 Å². The van der Waals surface area contributed by atoms with Crippen LogP contribution in [-0.4, -0.2) is 5.91 Å². The van der Waals surface area contributed by atoms with Crippen LogP contribution < -0.4 is 11.1 Å². The number of rotatable bonds is 2. The van der Waals surface area contributed by atoms with Crippen molar-refractivity contribution in [2.75, 3.05) is 11.1 Å². The number of nitrogens with one attached hydrogen (secondary N) is 1. The van der Waals surface area contributed by atoms with Crippen molar-refractivity contribution in [3.63, 3.8) is 0 Å². The fraction of sp³-hybridized carbons (Fsp3) is 0.133. The van der Waals surface area contributed by atoms with Gasteiger partial charge in [0.15, 0.2) is 0 Å². The monoisotopic (exact) mass is 308 g/mol. The predicted molar refractivity (Wildman–Crippen MR) is 84.7 cm³/mol. The van der Waals surface area contributed by atoms with Crippen LogP contribution in [0.15, 0.2) is 30.3 Å². The number of benzene rings is 2. The molecule has 1 amide bonds. The summed E-state index contributed by atoms with van der Waals surface area (Å²) in [5.74, 6) is -0.336. The van der Waals surface area contributed by atoms with Gasteiger partial charge in [0.25, 0.3) is 5.91 Å². The second-order valence-electron chi connectivity index (χ2n) is 4.60. The van der Waals surface area contributed by atoms with E-state index >= 15 is 0 Å². The molecule has 0 aliphatic heterocycles. The second kappa shape index (κ2) is 5.73. The van der Waals surface area contributed by atoms with Crippen LogP contribution in [0.25, 0.3) is 0 Å². The smallest absolute Gasteiger partial charge is 0.257 e. The molecule has 5 heteroatoms. The van der Waals surface area contributed by atoms with Crippen LogP contribution in [-0.2, 0) is 0 Å². The van der Waals surface area contributed by atoms with Crippen molar-refractivity contribution in [2.45, 2.75) is 13.8 Å². The number of hydrogen-bond donors (Lipinski definition) is 2. The van der Waals surface area contributed by atoms with Crippen molar-refractivity contribution < 1.29 is 4.79 Å². The Labute approximate surface area is 127 Å². The molecule has 0 saturated carbocycles. The maximum atomic E-state index is 12.3. The van der Waals surface area contributed by atoms with E-state index in [1.165, 1.54) is 0 Å². The molecule has 0 saturated heterocycles. The Morgan fingerprint density at radius 3 is 2.50 bits per heavy atom. The van der Waals surface area contributed by atoms with Crippen LogP contribution in [0.2, 0.25) is 10.0 Å². The lowest BCUT2D eigenvalue weighted by molar-refractivity contribution is 0.102. The molecule has 3 nitrogen and oxygen atoms in total. The Bertz CT molecular complexity index is 684. The lowest BCUT2D eigenvalue weighted by atomic mass is 10.1. The summed E-state index contributed by atoms with van der Waals surface area (Å²) in [5.41, 5.74) is 8.90. The van der Waals surface area contributed by atoms with E-state index < -0.39 is 0 Å². The van der Waals surface area contributed by atoms with Crippen molar-refractivity contribution in [3.8, 4) is 0 Å². The number of carbonyl (C=O) groups is 1. The molecule has 0 radical (unpaired) electrons. The molecular formula is C15H14Cl2N2O. The Kier molecular flexibility index (Phi) is 4.21. The highest BCUT2D eigenvalue weighted by molar-refractivity contribution is 6.40. The molecule has 0 bridgehead atoms. The van der Waals surface area contributed by atoms with Crippen LogP contribution in [0.1, 0.15) is 21.5 Å². The molecule has 2 aromatic carbocycles. The van der Waals surface area contributed by atoms with Gasteiger partial charge < -0.3 is 11.1 Å². The molecule has 0 unspecified atom stereocenters. The molecule has 0 fully saturated rings. The fourth-order valence-corrected chi connectivity index (χ4v) is 2.31. The number of hydrogen-bond acceptors (Lipinski definition) is 2. The summed E-state index contributed by atoms with van der Waals surface area (Å²) in [4.78, 5) is 12.3. The molecule has 3 N–H and O–H groups in total. The van der Waals surface area contributed by atoms with Gasteiger partial charge in [0.1, 0.15) is 0 Å². The maximum Gasteiger partial charge on any atom is 0.257 e. The third-order valence-corrected chi connectivity index (χ3v) is 3.78. The zero-order valence-electron chi connectivity index (χ0n) is 11.1. The van der Waals surface area contributed by atoms with E-state index in [1.807, 2.05) is 19.9 Å². The molecular weight excluding hydrogens is 295 g/mol. The number of aryl methyl sites for hydroxylation is 2. The summed E-state index contributed by atoms with van der Waals surface area (Å²) in [7, 11) is 0. The summed E-state index contributed by atoms with van der Waals surface area (Å²) in [6.07, 6.45) is 0. The third-order valence-electron chi connectivity index (χ3n) is 2.97. The van der Waals surface area contributed by atoms with Crippen molar-refractivity contribution in [1.29, 1.82) is 0 Å². The first-order valence-electron chi connectivity index (χ1n) is 6.02. The van der Waals surface area contributed by atoms with E-state index in [0.29, 0.717) is 27.0 Å². The van der Waals surface area contributed by atoms with Crippen LogP contribution in [0.4, 0.5) is 11.4 Å². The quantitative estimate of drug-likeness (QED) is 0.806. The van der Waals surface area contributed by atoms with Crippen molar-refractivity contribution in [2.24, 2.45) is 0 Å². The number of halogens is 2. The SMILES string of the molecule is Cc1ccc(C(=O)Nc2c(Cl)ccc(C)c2Cl)c(N)c1. The van der Waals surface area contributed by atoms with Gasteiger partial charge in [-0.2, -0.15) is 0 Å². The normalized spacial score (nSPS) is 10.4. The molecule has 0 atom stereocenters. The van der Waals surface area contributed by atoms with Crippen molar-refractivity contribution >= 4 is 40.5 Å². The molecule has 0 spiro atoms. The van der Waals surface area contributed by atoms with Gasteiger partial charge in [-0.3, -0.25) is 4.79 Å². The fourth-order valence-electron chi connectivity index (χ4n) is 1.84. The first-order chi connectivity index (χ1) is 9.40. The zero-order chi connectivity index (χ0) is 14.9. The minimum absolute atomic E-state index is 0.336. The number of amides is 1. The summed E-state index contributed by atoms with van der Waals surface area (Å²) >= 11 is 12.2. The van der Waals surface area contributed by atoms with Crippen LogP contribution >= 0.6 is 23.2 Å². The molecule has 0 heterocycles. The van der Waals surface area contributed by atoms with Crippen molar-refractivity contribution in [3.05, 3.63) is 57.1 Å². The highest BCUT2D eigenvalue weighted by Crippen LogP contribution is 2.33. The highest BCUT2D eigenvalue weighted by Gasteiger charge is 2.15. The highest BCUT2D eigenvalue weighted by atomic mass is 35.5. The predicted octanol–water partition coefficient (Wildman–Crippen LogP) is 4.44. The molecule has 0 aliphatic rings. The minimum Gasteiger partial charge on any atom is -0.398 e. The van der Waals surface area contributed by atoms with Crippen LogP contribution in [0.5, 0.6) is 0 Å².